The molecule has 18 heavy (non-hydrogen) atoms. The highest BCUT2D eigenvalue weighted by atomic mass is 16.5. The Morgan fingerprint density at radius 2 is 2.11 bits per heavy atom. The van der Waals surface area contributed by atoms with E-state index in [0.717, 1.165) is 31.0 Å². The lowest BCUT2D eigenvalue weighted by Gasteiger charge is -2.30. The van der Waals surface area contributed by atoms with Crippen LogP contribution >= 0.6 is 0 Å². The zero-order chi connectivity index (χ0) is 13.5. The molecule has 2 N–H and O–H groups in total. The summed E-state index contributed by atoms with van der Waals surface area (Å²) in [4.78, 5) is 6.74. The number of methoxy groups -OCH3 is 1. The lowest BCUT2D eigenvalue weighted by molar-refractivity contribution is 0.203. The molecule has 4 nitrogen and oxygen atoms in total. The molecule has 0 radical (unpaired) electrons. The van der Waals surface area contributed by atoms with E-state index >= 15 is 0 Å². The molecular weight excluding hydrogens is 226 g/mol. The lowest BCUT2D eigenvalue weighted by atomic mass is 10.1. The van der Waals surface area contributed by atoms with Gasteiger partial charge in [0.25, 0.3) is 0 Å². The molecule has 1 aromatic rings. The number of anilines is 1. The number of ether oxygens (including phenoxy) is 1. The number of hydrogen-bond donors (Lipinski definition) is 1. The summed E-state index contributed by atoms with van der Waals surface area (Å²) in [7, 11) is 1.73. The zero-order valence-corrected chi connectivity index (χ0v) is 11.9. The largest absolute Gasteiger partial charge is 0.383 e. The Labute approximate surface area is 110 Å². The molecule has 102 valence electrons. The second kappa shape index (κ2) is 7.34. The van der Waals surface area contributed by atoms with Gasteiger partial charge in [-0.1, -0.05) is 6.92 Å². The minimum absolute atomic E-state index is 0.0185. The predicted molar refractivity (Wildman–Crippen MR) is 75.8 cm³/mol. The maximum Gasteiger partial charge on any atom is 0.0637 e. The molecule has 1 aromatic heterocycles. The number of rotatable bonds is 7. The zero-order valence-electron chi connectivity index (χ0n) is 11.9. The maximum absolute atomic E-state index is 5.81. The molecule has 0 aromatic carbocycles. The fourth-order valence-corrected chi connectivity index (χ4v) is 1.85. The van der Waals surface area contributed by atoms with Crippen molar-refractivity contribution in [1.29, 1.82) is 0 Å². The Morgan fingerprint density at radius 1 is 1.39 bits per heavy atom. The maximum atomic E-state index is 5.81. The first kappa shape index (κ1) is 14.9. The molecule has 0 amide bonds. The first-order valence-electron chi connectivity index (χ1n) is 6.57. The molecule has 1 heterocycles. The molecule has 0 saturated heterocycles. The Morgan fingerprint density at radius 3 is 2.56 bits per heavy atom. The molecule has 1 rings (SSSR count). The van der Waals surface area contributed by atoms with Crippen molar-refractivity contribution in [2.75, 3.05) is 25.2 Å². The minimum Gasteiger partial charge on any atom is -0.383 e. The van der Waals surface area contributed by atoms with Crippen LogP contribution in [0.25, 0.3) is 0 Å². The van der Waals surface area contributed by atoms with Crippen molar-refractivity contribution in [2.24, 2.45) is 5.73 Å². The van der Waals surface area contributed by atoms with Gasteiger partial charge in [0.2, 0.25) is 0 Å². The Balaban J connectivity index is 2.83. The summed E-state index contributed by atoms with van der Waals surface area (Å²) in [5, 5.41) is 0. The summed E-state index contributed by atoms with van der Waals surface area (Å²) in [5.41, 5.74) is 7.87. The number of pyridine rings is 1. The minimum atomic E-state index is -0.0185. The molecule has 4 heteroatoms. The van der Waals surface area contributed by atoms with Crippen molar-refractivity contribution in [3.8, 4) is 0 Å². The van der Waals surface area contributed by atoms with E-state index in [-0.39, 0.29) is 6.04 Å². The molecular formula is C14H25N3O. The average molecular weight is 251 g/mol. The number of aromatic nitrogens is 1. The molecule has 0 aliphatic carbocycles. The van der Waals surface area contributed by atoms with E-state index in [1.807, 2.05) is 19.2 Å². The quantitative estimate of drug-likeness (QED) is 0.808. The summed E-state index contributed by atoms with van der Waals surface area (Å²) in [5.74, 6) is 0. The van der Waals surface area contributed by atoms with Gasteiger partial charge < -0.3 is 15.4 Å². The number of nitrogens with two attached hydrogens (primary N) is 1. The smallest absolute Gasteiger partial charge is 0.0637 e. The summed E-state index contributed by atoms with van der Waals surface area (Å²) in [6.45, 7) is 7.95. The van der Waals surface area contributed by atoms with Crippen molar-refractivity contribution in [2.45, 2.75) is 39.3 Å². The molecule has 0 aliphatic heterocycles. The third-order valence-electron chi connectivity index (χ3n) is 3.23. The summed E-state index contributed by atoms with van der Waals surface area (Å²) in [6.07, 6.45) is 3.00. The highest BCUT2D eigenvalue weighted by molar-refractivity contribution is 5.45. The van der Waals surface area contributed by atoms with Crippen LogP contribution in [0.4, 0.5) is 5.69 Å². The van der Waals surface area contributed by atoms with Crippen LogP contribution in [-0.2, 0) is 4.74 Å². The molecule has 0 bridgehead atoms. The average Bonchev–Trinajstić information content (AvgIpc) is 2.39. The Kier molecular flexibility index (Phi) is 6.09. The van der Waals surface area contributed by atoms with E-state index in [1.165, 1.54) is 0 Å². The van der Waals surface area contributed by atoms with Crippen LogP contribution in [0.5, 0.6) is 0 Å². The van der Waals surface area contributed by atoms with E-state index < -0.39 is 0 Å². The number of hydrogen-bond acceptors (Lipinski definition) is 4. The van der Waals surface area contributed by atoms with Gasteiger partial charge in [0.1, 0.15) is 0 Å². The van der Waals surface area contributed by atoms with Gasteiger partial charge in [0.15, 0.2) is 0 Å². The predicted octanol–water partition coefficient (Wildman–Crippen LogP) is 2.35. The highest BCUT2D eigenvalue weighted by Gasteiger charge is 2.13. The van der Waals surface area contributed by atoms with Gasteiger partial charge in [-0.2, -0.15) is 0 Å². The topological polar surface area (TPSA) is 51.4 Å². The van der Waals surface area contributed by atoms with Gasteiger partial charge in [0.05, 0.1) is 24.2 Å². The van der Waals surface area contributed by atoms with Crippen LogP contribution in [0.15, 0.2) is 18.3 Å². The molecule has 0 saturated carbocycles. The van der Waals surface area contributed by atoms with Crippen molar-refractivity contribution >= 4 is 5.69 Å². The molecule has 0 aliphatic rings. The fourth-order valence-electron chi connectivity index (χ4n) is 1.85. The van der Waals surface area contributed by atoms with E-state index in [9.17, 15) is 0 Å². The second-order valence-corrected chi connectivity index (χ2v) is 4.67. The van der Waals surface area contributed by atoms with Crippen molar-refractivity contribution in [1.82, 2.24) is 4.98 Å². The summed E-state index contributed by atoms with van der Waals surface area (Å²) < 4.78 is 5.17. The lowest BCUT2D eigenvalue weighted by Crippen LogP contribution is -2.35. The molecule has 0 fully saturated rings. The Hall–Kier alpha value is -1.13. The van der Waals surface area contributed by atoms with Gasteiger partial charge in [-0.25, -0.2) is 0 Å². The standard InChI is InChI=1S/C14H25N3O/c1-5-11(2)17(8-9-18-4)13-6-7-14(12(3)15)16-10-13/h6-7,10-12H,5,8-9,15H2,1-4H3/t11?,12-/m0/s1. The summed E-state index contributed by atoms with van der Waals surface area (Å²) >= 11 is 0. The van der Waals surface area contributed by atoms with Gasteiger partial charge in [-0.05, 0) is 32.4 Å². The van der Waals surface area contributed by atoms with E-state index in [2.05, 4.69) is 29.8 Å². The molecule has 1 unspecified atom stereocenters. The SMILES string of the molecule is CCC(C)N(CCOC)c1ccc([C@H](C)N)nc1. The third-order valence-corrected chi connectivity index (χ3v) is 3.23. The molecule has 2 atom stereocenters. The monoisotopic (exact) mass is 251 g/mol. The van der Waals surface area contributed by atoms with Gasteiger partial charge in [0, 0.05) is 25.7 Å². The van der Waals surface area contributed by atoms with E-state index in [0.29, 0.717) is 6.04 Å². The first-order valence-corrected chi connectivity index (χ1v) is 6.57. The number of nitrogens with zero attached hydrogens (tertiary/aromatic N) is 2. The van der Waals surface area contributed by atoms with Crippen molar-refractivity contribution in [3.63, 3.8) is 0 Å². The van der Waals surface area contributed by atoms with Gasteiger partial charge in [-0.15, -0.1) is 0 Å². The van der Waals surface area contributed by atoms with Gasteiger partial charge in [-0.3, -0.25) is 4.98 Å². The van der Waals surface area contributed by atoms with Crippen LogP contribution in [0.2, 0.25) is 0 Å². The van der Waals surface area contributed by atoms with Crippen molar-refractivity contribution < 1.29 is 4.74 Å². The fraction of sp³-hybridized carbons (Fsp3) is 0.643. The van der Waals surface area contributed by atoms with Crippen LogP contribution in [0, 0.1) is 0 Å². The van der Waals surface area contributed by atoms with Crippen LogP contribution < -0.4 is 10.6 Å². The normalized spacial score (nSPS) is 14.3. The highest BCUT2D eigenvalue weighted by Crippen LogP contribution is 2.19. The Bertz CT molecular complexity index is 337. The molecule has 0 spiro atoms. The first-order chi connectivity index (χ1) is 8.60. The van der Waals surface area contributed by atoms with Crippen molar-refractivity contribution in [3.05, 3.63) is 24.0 Å². The van der Waals surface area contributed by atoms with Crippen LogP contribution in [-0.4, -0.2) is 31.3 Å². The van der Waals surface area contributed by atoms with Gasteiger partial charge >= 0.3 is 0 Å². The van der Waals surface area contributed by atoms with Crippen LogP contribution in [0.1, 0.15) is 38.9 Å². The van der Waals surface area contributed by atoms with E-state index in [1.54, 1.807) is 7.11 Å². The third kappa shape index (κ3) is 3.96. The van der Waals surface area contributed by atoms with E-state index in [4.69, 9.17) is 10.5 Å². The summed E-state index contributed by atoms with van der Waals surface area (Å²) in [6, 6.07) is 4.55. The second-order valence-electron chi connectivity index (χ2n) is 4.67. The van der Waals surface area contributed by atoms with Crippen LogP contribution in [0.3, 0.4) is 0 Å².